The van der Waals surface area contributed by atoms with Gasteiger partial charge in [0.05, 0.1) is 6.07 Å². The molecule has 1 aliphatic heterocycles. The summed E-state index contributed by atoms with van der Waals surface area (Å²) in [5.74, 6) is 0. The summed E-state index contributed by atoms with van der Waals surface area (Å²) < 4.78 is -0.0769. The van der Waals surface area contributed by atoms with Crippen LogP contribution in [0.1, 0.15) is 12.8 Å². The number of hydrogen-bond acceptors (Lipinski definition) is 3. The van der Waals surface area contributed by atoms with Crippen molar-refractivity contribution in [2.45, 2.75) is 17.6 Å². The minimum Gasteiger partial charge on any atom is -0.306 e. The highest BCUT2D eigenvalue weighted by Crippen LogP contribution is 2.32. The topological polar surface area (TPSA) is 27.0 Å². The molecule has 0 saturated carbocycles. The fraction of sp³-hybridized carbons (Fsp3) is 0.875. The molecule has 2 nitrogen and oxygen atoms in total. The average molecular weight is 170 g/mol. The van der Waals surface area contributed by atoms with Gasteiger partial charge in [0.15, 0.2) is 0 Å². The molecule has 0 aromatic heterocycles. The van der Waals surface area contributed by atoms with E-state index in [0.717, 1.165) is 25.9 Å². The Kier molecular flexibility index (Phi) is 2.80. The van der Waals surface area contributed by atoms with Crippen molar-refractivity contribution >= 4 is 11.8 Å². The molecule has 0 amide bonds. The number of rotatable bonds is 1. The normalized spacial score (nSPS) is 24.5. The van der Waals surface area contributed by atoms with Crippen molar-refractivity contribution in [1.82, 2.24) is 4.90 Å². The average Bonchev–Trinajstić information content (AvgIpc) is 2.07. The lowest BCUT2D eigenvalue weighted by molar-refractivity contribution is 0.261. The second kappa shape index (κ2) is 3.46. The van der Waals surface area contributed by atoms with Crippen molar-refractivity contribution in [2.75, 3.05) is 26.4 Å². The first-order valence-electron chi connectivity index (χ1n) is 3.87. The van der Waals surface area contributed by atoms with Gasteiger partial charge in [-0.25, -0.2) is 0 Å². The summed E-state index contributed by atoms with van der Waals surface area (Å²) in [6.45, 7) is 2.13. The second-order valence-electron chi connectivity index (χ2n) is 3.11. The molecule has 0 N–H and O–H groups in total. The lowest BCUT2D eigenvalue weighted by atomic mass is 9.98. The highest BCUT2D eigenvalue weighted by atomic mass is 32.2. The van der Waals surface area contributed by atoms with Crippen LogP contribution in [0.2, 0.25) is 0 Å². The first-order chi connectivity index (χ1) is 5.22. The fourth-order valence-electron chi connectivity index (χ4n) is 1.34. The van der Waals surface area contributed by atoms with Gasteiger partial charge in [0.1, 0.15) is 4.75 Å². The van der Waals surface area contributed by atoms with Gasteiger partial charge < -0.3 is 4.90 Å². The summed E-state index contributed by atoms with van der Waals surface area (Å²) in [4.78, 5) is 2.28. The van der Waals surface area contributed by atoms with Gasteiger partial charge in [-0.3, -0.25) is 0 Å². The first kappa shape index (κ1) is 8.89. The van der Waals surface area contributed by atoms with E-state index < -0.39 is 0 Å². The summed E-state index contributed by atoms with van der Waals surface area (Å²) in [5.41, 5.74) is 0. The third-order valence-corrected chi connectivity index (χ3v) is 3.67. The van der Waals surface area contributed by atoms with Crippen LogP contribution in [0.15, 0.2) is 0 Å². The Labute approximate surface area is 72.6 Å². The van der Waals surface area contributed by atoms with Crippen LogP contribution in [0.4, 0.5) is 0 Å². The van der Waals surface area contributed by atoms with Gasteiger partial charge in [-0.05, 0) is 26.1 Å². The monoisotopic (exact) mass is 170 g/mol. The lowest BCUT2D eigenvalue weighted by Crippen LogP contribution is -2.39. The summed E-state index contributed by atoms with van der Waals surface area (Å²) >= 11 is 1.71. The summed E-state index contributed by atoms with van der Waals surface area (Å²) in [6, 6.07) is 2.42. The molecule has 3 heteroatoms. The third-order valence-electron chi connectivity index (χ3n) is 2.39. The van der Waals surface area contributed by atoms with Gasteiger partial charge in [-0.2, -0.15) is 5.26 Å². The number of nitrogens with zero attached hydrogens (tertiary/aromatic N) is 2. The standard InChI is InChI=1S/C8H14N2S/c1-10-5-3-8(7-9,11-2)4-6-10/h3-6H2,1-2H3. The number of nitriles is 1. The summed E-state index contributed by atoms with van der Waals surface area (Å²) in [5, 5.41) is 8.94. The molecule has 1 aliphatic rings. The Balaban J connectivity index is 2.54. The molecule has 0 aromatic carbocycles. The lowest BCUT2D eigenvalue weighted by Gasteiger charge is -2.33. The molecule has 1 rings (SSSR count). The maximum absolute atomic E-state index is 8.94. The van der Waals surface area contributed by atoms with Crippen LogP contribution in [0.5, 0.6) is 0 Å². The molecular formula is C8H14N2S. The fourth-order valence-corrected chi connectivity index (χ4v) is 2.02. The van der Waals surface area contributed by atoms with Crippen LogP contribution in [0.3, 0.4) is 0 Å². The van der Waals surface area contributed by atoms with Crippen molar-refractivity contribution in [3.05, 3.63) is 0 Å². The van der Waals surface area contributed by atoms with Gasteiger partial charge in [-0.15, -0.1) is 11.8 Å². The van der Waals surface area contributed by atoms with E-state index in [1.54, 1.807) is 11.8 Å². The Bertz CT molecular complexity index is 165. The summed E-state index contributed by atoms with van der Waals surface area (Å²) in [6.07, 6.45) is 4.07. The molecular weight excluding hydrogens is 156 g/mol. The molecule has 0 bridgehead atoms. The maximum atomic E-state index is 8.94. The highest BCUT2D eigenvalue weighted by Gasteiger charge is 2.32. The van der Waals surface area contributed by atoms with Crippen molar-refractivity contribution in [1.29, 1.82) is 5.26 Å². The zero-order valence-corrected chi connectivity index (χ0v) is 7.95. The first-order valence-corrected chi connectivity index (χ1v) is 5.10. The maximum Gasteiger partial charge on any atom is 0.104 e. The van der Waals surface area contributed by atoms with Crippen molar-refractivity contribution in [2.24, 2.45) is 0 Å². The van der Waals surface area contributed by atoms with Gasteiger partial charge in [0.2, 0.25) is 0 Å². The molecule has 1 fully saturated rings. The van der Waals surface area contributed by atoms with Crippen LogP contribution in [0.25, 0.3) is 0 Å². The molecule has 62 valence electrons. The van der Waals surface area contributed by atoms with E-state index in [0.29, 0.717) is 0 Å². The quantitative estimate of drug-likeness (QED) is 0.594. The van der Waals surface area contributed by atoms with Gasteiger partial charge in [-0.1, -0.05) is 0 Å². The molecule has 1 saturated heterocycles. The Morgan fingerprint density at radius 2 is 2.00 bits per heavy atom. The molecule has 11 heavy (non-hydrogen) atoms. The van der Waals surface area contributed by atoms with E-state index in [-0.39, 0.29) is 4.75 Å². The third kappa shape index (κ3) is 1.88. The van der Waals surface area contributed by atoms with Gasteiger partial charge in [0.25, 0.3) is 0 Å². The van der Waals surface area contributed by atoms with Gasteiger partial charge in [0, 0.05) is 13.1 Å². The van der Waals surface area contributed by atoms with Crippen molar-refractivity contribution < 1.29 is 0 Å². The van der Waals surface area contributed by atoms with E-state index in [2.05, 4.69) is 18.0 Å². The molecule has 0 radical (unpaired) electrons. The predicted octanol–water partition coefficient (Wildman–Crippen LogP) is 1.34. The van der Waals surface area contributed by atoms with E-state index in [9.17, 15) is 0 Å². The van der Waals surface area contributed by atoms with Crippen molar-refractivity contribution in [3.63, 3.8) is 0 Å². The molecule has 1 heterocycles. The minimum atomic E-state index is -0.0769. The molecule has 0 aromatic rings. The van der Waals surface area contributed by atoms with Crippen molar-refractivity contribution in [3.8, 4) is 6.07 Å². The van der Waals surface area contributed by atoms with Crippen LogP contribution in [-0.4, -0.2) is 36.0 Å². The Hall–Kier alpha value is -0.200. The molecule has 0 unspecified atom stereocenters. The molecule has 0 spiro atoms. The number of thioether (sulfide) groups is 1. The van der Waals surface area contributed by atoms with Crippen LogP contribution >= 0.6 is 11.8 Å². The molecule has 0 atom stereocenters. The minimum absolute atomic E-state index is 0.0769. The zero-order valence-electron chi connectivity index (χ0n) is 7.13. The van der Waals surface area contributed by atoms with Crippen LogP contribution in [0, 0.1) is 11.3 Å². The highest BCUT2D eigenvalue weighted by molar-refractivity contribution is 8.00. The van der Waals surface area contributed by atoms with Gasteiger partial charge >= 0.3 is 0 Å². The Morgan fingerprint density at radius 3 is 2.36 bits per heavy atom. The smallest absolute Gasteiger partial charge is 0.104 e. The SMILES string of the molecule is CSC1(C#N)CCN(C)CC1. The Morgan fingerprint density at radius 1 is 1.45 bits per heavy atom. The number of likely N-dealkylation sites (tertiary alicyclic amines) is 1. The van der Waals surface area contributed by atoms with Crippen LogP contribution in [-0.2, 0) is 0 Å². The molecule has 0 aliphatic carbocycles. The van der Waals surface area contributed by atoms with E-state index in [1.165, 1.54) is 0 Å². The largest absolute Gasteiger partial charge is 0.306 e. The summed E-state index contributed by atoms with van der Waals surface area (Å²) in [7, 11) is 2.11. The van der Waals surface area contributed by atoms with Crippen LogP contribution < -0.4 is 0 Å². The van der Waals surface area contributed by atoms with E-state index in [1.807, 2.05) is 6.26 Å². The zero-order chi connectivity index (χ0) is 8.32. The number of hydrogen-bond donors (Lipinski definition) is 0. The second-order valence-corrected chi connectivity index (χ2v) is 4.30. The number of piperidine rings is 1. The van der Waals surface area contributed by atoms with E-state index >= 15 is 0 Å². The van der Waals surface area contributed by atoms with E-state index in [4.69, 9.17) is 5.26 Å². The predicted molar refractivity (Wildman–Crippen MR) is 48.6 cm³/mol.